The molecule has 3 aromatic rings. The Hall–Kier alpha value is -2.86. The monoisotopic (exact) mass is 498 g/mol. The summed E-state index contributed by atoms with van der Waals surface area (Å²) in [6.45, 7) is 9.03. The fourth-order valence-electron chi connectivity index (χ4n) is 4.46. The molecule has 2 fully saturated rings. The Morgan fingerprint density at radius 2 is 2.23 bits per heavy atom. The minimum Gasteiger partial charge on any atom is -0.423 e. The number of methoxy groups -OCH3 is 1. The number of amides is 1. The number of carbonyl (C=O) groups is 1. The van der Waals surface area contributed by atoms with Gasteiger partial charge in [-0.05, 0) is 38.0 Å². The first-order valence-electron chi connectivity index (χ1n) is 11.7. The van der Waals surface area contributed by atoms with Crippen molar-refractivity contribution in [3.63, 3.8) is 0 Å². The second-order valence-electron chi connectivity index (χ2n) is 9.47. The highest BCUT2D eigenvalue weighted by molar-refractivity contribution is 7.14. The summed E-state index contributed by atoms with van der Waals surface area (Å²) >= 11 is 1.46. The molecule has 2 aliphatic rings. The van der Waals surface area contributed by atoms with Crippen molar-refractivity contribution in [1.82, 2.24) is 20.1 Å². The van der Waals surface area contributed by atoms with Gasteiger partial charge in [-0.25, -0.2) is 4.98 Å². The number of thiazole rings is 1. The summed E-state index contributed by atoms with van der Waals surface area (Å²) in [5, 5.41) is 13.5. The molecule has 11 heteroatoms. The lowest BCUT2D eigenvalue weighted by Crippen LogP contribution is -2.52. The number of rotatable bonds is 7. The van der Waals surface area contributed by atoms with Crippen LogP contribution in [0.3, 0.4) is 0 Å². The quantitative estimate of drug-likeness (QED) is 0.525. The number of benzene rings is 1. The van der Waals surface area contributed by atoms with Gasteiger partial charge in [-0.2, -0.15) is 0 Å². The molecule has 4 heterocycles. The van der Waals surface area contributed by atoms with Crippen LogP contribution in [0, 0.1) is 0 Å². The van der Waals surface area contributed by atoms with E-state index in [2.05, 4.69) is 44.1 Å². The topological polar surface area (TPSA) is 106 Å². The Bertz CT molecular complexity index is 1160. The smallest absolute Gasteiger partial charge is 0.275 e. The maximum Gasteiger partial charge on any atom is 0.275 e. The van der Waals surface area contributed by atoms with Crippen molar-refractivity contribution in [2.45, 2.75) is 38.5 Å². The number of carbonyl (C=O) groups excluding carboxylic acids is 1. The van der Waals surface area contributed by atoms with E-state index in [0.29, 0.717) is 36.0 Å². The first kappa shape index (κ1) is 23.9. The number of nitrogens with one attached hydrogen (secondary N) is 1. The molecule has 186 valence electrons. The highest BCUT2D eigenvalue weighted by Gasteiger charge is 2.31. The zero-order valence-electron chi connectivity index (χ0n) is 20.2. The standard InChI is InChI=1S/C24H30N6O4S/c1-24(2)14-33-9-8-30(24)11-16-4-5-19(18(10-16)22-28-25-15-34-22)26-21(31)20-13-35-23(27-20)29-7-6-17(12-29)32-3/h4-5,10,13,15,17H,6-9,11-12,14H2,1-3H3,(H,26,31)/t17-/m0/s1. The Balaban J connectivity index is 1.34. The van der Waals surface area contributed by atoms with Crippen LogP contribution >= 0.6 is 11.3 Å². The molecule has 2 aromatic heterocycles. The Morgan fingerprint density at radius 1 is 1.34 bits per heavy atom. The van der Waals surface area contributed by atoms with E-state index in [1.54, 1.807) is 12.5 Å². The van der Waals surface area contributed by atoms with Crippen LogP contribution in [0.15, 0.2) is 34.4 Å². The summed E-state index contributed by atoms with van der Waals surface area (Å²) in [6.07, 6.45) is 2.45. The van der Waals surface area contributed by atoms with Crippen LogP contribution in [0.5, 0.6) is 0 Å². The molecule has 1 atom stereocenters. The largest absolute Gasteiger partial charge is 0.423 e. The second kappa shape index (κ2) is 10.0. The molecule has 0 saturated carbocycles. The minimum atomic E-state index is -0.280. The maximum absolute atomic E-state index is 13.1. The van der Waals surface area contributed by atoms with E-state index < -0.39 is 0 Å². The molecule has 1 amide bonds. The SMILES string of the molecule is CO[C@H]1CCN(c2nc(C(=O)Nc3ccc(CN4CCOCC4(C)C)cc3-c3nnco3)cs2)C1. The predicted molar refractivity (Wildman–Crippen MR) is 133 cm³/mol. The van der Waals surface area contributed by atoms with Crippen molar-refractivity contribution in [2.24, 2.45) is 0 Å². The summed E-state index contributed by atoms with van der Waals surface area (Å²) in [6, 6.07) is 5.90. The molecule has 0 radical (unpaired) electrons. The number of anilines is 2. The summed E-state index contributed by atoms with van der Waals surface area (Å²) in [4.78, 5) is 22.2. The lowest BCUT2D eigenvalue weighted by molar-refractivity contribution is -0.0552. The van der Waals surface area contributed by atoms with Gasteiger partial charge in [0.2, 0.25) is 12.3 Å². The van der Waals surface area contributed by atoms with Crippen LogP contribution in [0.2, 0.25) is 0 Å². The molecule has 0 aliphatic carbocycles. The van der Waals surface area contributed by atoms with Crippen LogP contribution < -0.4 is 10.2 Å². The number of hydrogen-bond acceptors (Lipinski definition) is 10. The molecule has 0 unspecified atom stereocenters. The third kappa shape index (κ3) is 5.22. The van der Waals surface area contributed by atoms with Crippen molar-refractivity contribution in [3.8, 4) is 11.5 Å². The van der Waals surface area contributed by atoms with Crippen molar-refractivity contribution in [1.29, 1.82) is 0 Å². The van der Waals surface area contributed by atoms with E-state index in [0.717, 1.165) is 43.3 Å². The summed E-state index contributed by atoms with van der Waals surface area (Å²) in [7, 11) is 1.73. The molecule has 2 saturated heterocycles. The fraction of sp³-hybridized carbons (Fsp3) is 0.500. The fourth-order valence-corrected chi connectivity index (χ4v) is 5.31. The molecule has 35 heavy (non-hydrogen) atoms. The number of ether oxygens (including phenoxy) is 2. The molecule has 1 aromatic carbocycles. The van der Waals surface area contributed by atoms with Crippen LogP contribution in [0.25, 0.3) is 11.5 Å². The number of morpholine rings is 1. The third-order valence-electron chi connectivity index (χ3n) is 6.59. The molecule has 10 nitrogen and oxygen atoms in total. The molecule has 1 N–H and O–H groups in total. The second-order valence-corrected chi connectivity index (χ2v) is 10.3. The van der Waals surface area contributed by atoms with Crippen LogP contribution in [-0.4, -0.2) is 77.6 Å². The highest BCUT2D eigenvalue weighted by atomic mass is 32.1. The van der Waals surface area contributed by atoms with E-state index in [1.165, 1.54) is 17.7 Å². The van der Waals surface area contributed by atoms with Crippen LogP contribution in [0.4, 0.5) is 10.8 Å². The first-order valence-corrected chi connectivity index (χ1v) is 12.6. The van der Waals surface area contributed by atoms with Crippen LogP contribution in [0.1, 0.15) is 36.3 Å². The van der Waals surface area contributed by atoms with E-state index in [1.807, 2.05) is 18.2 Å². The Labute approximate surface area is 208 Å². The molecule has 2 aliphatic heterocycles. The third-order valence-corrected chi connectivity index (χ3v) is 7.49. The van der Waals surface area contributed by atoms with Gasteiger partial charge < -0.3 is 24.1 Å². The lowest BCUT2D eigenvalue weighted by Gasteiger charge is -2.42. The molecular formula is C24H30N6O4S. The van der Waals surface area contributed by atoms with Gasteiger partial charge in [0, 0.05) is 44.2 Å². The molecule has 5 rings (SSSR count). The summed E-state index contributed by atoms with van der Waals surface area (Å²) < 4.78 is 16.6. The van der Waals surface area contributed by atoms with Gasteiger partial charge in [-0.3, -0.25) is 9.69 Å². The zero-order valence-corrected chi connectivity index (χ0v) is 21.0. The van der Waals surface area contributed by atoms with Crippen molar-refractivity contribution in [3.05, 3.63) is 41.2 Å². The minimum absolute atomic E-state index is 0.0588. The Morgan fingerprint density at radius 3 is 2.97 bits per heavy atom. The molecule has 0 bridgehead atoms. The van der Waals surface area contributed by atoms with E-state index in [-0.39, 0.29) is 17.6 Å². The molecular weight excluding hydrogens is 468 g/mol. The van der Waals surface area contributed by atoms with Gasteiger partial charge in [-0.15, -0.1) is 21.5 Å². The number of aromatic nitrogens is 3. The lowest BCUT2D eigenvalue weighted by atomic mass is 10.0. The number of hydrogen-bond donors (Lipinski definition) is 1. The maximum atomic E-state index is 13.1. The highest BCUT2D eigenvalue weighted by Crippen LogP contribution is 2.31. The van der Waals surface area contributed by atoms with Gasteiger partial charge >= 0.3 is 0 Å². The summed E-state index contributed by atoms with van der Waals surface area (Å²) in [5.74, 6) is 0.0721. The van der Waals surface area contributed by atoms with Gasteiger partial charge in [0.25, 0.3) is 5.91 Å². The van der Waals surface area contributed by atoms with Gasteiger partial charge in [-0.1, -0.05) is 6.07 Å². The summed E-state index contributed by atoms with van der Waals surface area (Å²) in [5.41, 5.74) is 2.68. The average molecular weight is 499 g/mol. The van der Waals surface area contributed by atoms with E-state index in [9.17, 15) is 4.79 Å². The average Bonchev–Trinajstić information content (AvgIpc) is 3.62. The normalized spacial score (nSPS) is 20.3. The predicted octanol–water partition coefficient (Wildman–Crippen LogP) is 3.28. The number of nitrogens with zero attached hydrogens (tertiary/aromatic N) is 5. The van der Waals surface area contributed by atoms with Gasteiger partial charge in [0.1, 0.15) is 5.69 Å². The van der Waals surface area contributed by atoms with Gasteiger partial charge in [0.05, 0.1) is 30.6 Å². The first-order chi connectivity index (χ1) is 16.9. The zero-order chi connectivity index (χ0) is 24.4. The van der Waals surface area contributed by atoms with Crippen molar-refractivity contribution < 1.29 is 18.7 Å². The Kier molecular flexibility index (Phi) is 6.83. The van der Waals surface area contributed by atoms with E-state index >= 15 is 0 Å². The van der Waals surface area contributed by atoms with Gasteiger partial charge in [0.15, 0.2) is 5.13 Å². The van der Waals surface area contributed by atoms with E-state index in [4.69, 9.17) is 13.9 Å². The van der Waals surface area contributed by atoms with Crippen LogP contribution in [-0.2, 0) is 16.0 Å². The van der Waals surface area contributed by atoms with Crippen molar-refractivity contribution >= 4 is 28.1 Å². The van der Waals surface area contributed by atoms with Crippen molar-refractivity contribution in [2.75, 3.05) is 50.2 Å². The molecule has 0 spiro atoms.